The molecular formula is C15H26N2O4. The van der Waals surface area contributed by atoms with Crippen molar-refractivity contribution in [1.29, 1.82) is 0 Å². The number of nitrogens with two attached hydrogens (primary N) is 1. The molecule has 1 amide bonds. The van der Waals surface area contributed by atoms with E-state index in [1.54, 1.807) is 0 Å². The van der Waals surface area contributed by atoms with Gasteiger partial charge in [0.2, 0.25) is 5.91 Å². The van der Waals surface area contributed by atoms with Crippen molar-refractivity contribution in [3.63, 3.8) is 0 Å². The first kappa shape index (κ1) is 16.2. The van der Waals surface area contributed by atoms with Gasteiger partial charge >= 0.3 is 5.97 Å². The Kier molecular flexibility index (Phi) is 4.06. The number of nitrogens with one attached hydrogen (secondary N) is 1. The summed E-state index contributed by atoms with van der Waals surface area (Å²) in [6.45, 7) is 8.25. The summed E-state index contributed by atoms with van der Waals surface area (Å²) in [6.07, 6.45) is 0.798. The summed E-state index contributed by atoms with van der Waals surface area (Å²) in [5, 5.41) is 2.78. The van der Waals surface area contributed by atoms with Crippen LogP contribution in [0.25, 0.3) is 0 Å². The van der Waals surface area contributed by atoms with Gasteiger partial charge in [0.15, 0.2) is 0 Å². The number of methoxy groups -OCH3 is 1. The molecule has 4 atom stereocenters. The lowest BCUT2D eigenvalue weighted by Gasteiger charge is -2.60. The standard InChI is InChI=1S/C15H26N2O4/c1-8(2)10(12(18)20-5)17-13(19)15(16)9-6-7-21-11(9)14(15,3)4/h8-11H,6-7,16H2,1-5H3,(H,17,19)/t9?,10-,11?,15?/m0/s1. The Labute approximate surface area is 125 Å². The summed E-state index contributed by atoms with van der Waals surface area (Å²) >= 11 is 0. The maximum Gasteiger partial charge on any atom is 0.328 e. The first-order chi connectivity index (χ1) is 9.67. The average molecular weight is 298 g/mol. The zero-order valence-electron chi connectivity index (χ0n) is 13.4. The van der Waals surface area contributed by atoms with Crippen molar-refractivity contribution in [3.8, 4) is 0 Å². The van der Waals surface area contributed by atoms with Gasteiger partial charge in [-0.15, -0.1) is 0 Å². The zero-order valence-corrected chi connectivity index (χ0v) is 13.4. The Balaban J connectivity index is 2.17. The van der Waals surface area contributed by atoms with E-state index in [0.29, 0.717) is 6.61 Å². The fraction of sp³-hybridized carbons (Fsp3) is 0.867. The van der Waals surface area contributed by atoms with Gasteiger partial charge in [0.1, 0.15) is 11.6 Å². The van der Waals surface area contributed by atoms with Crippen LogP contribution in [-0.2, 0) is 19.1 Å². The van der Waals surface area contributed by atoms with Crippen LogP contribution in [0.15, 0.2) is 0 Å². The Morgan fingerprint density at radius 2 is 2.00 bits per heavy atom. The third-order valence-corrected chi connectivity index (χ3v) is 5.24. The molecule has 0 spiro atoms. The van der Waals surface area contributed by atoms with Crippen molar-refractivity contribution in [3.05, 3.63) is 0 Å². The molecule has 6 heteroatoms. The highest BCUT2D eigenvalue weighted by Gasteiger charge is 2.71. The topological polar surface area (TPSA) is 90.7 Å². The van der Waals surface area contributed by atoms with Crippen LogP contribution in [-0.4, -0.2) is 43.3 Å². The molecule has 1 aliphatic heterocycles. The van der Waals surface area contributed by atoms with E-state index in [2.05, 4.69) is 5.32 Å². The van der Waals surface area contributed by atoms with E-state index in [0.717, 1.165) is 6.42 Å². The van der Waals surface area contributed by atoms with Crippen molar-refractivity contribution >= 4 is 11.9 Å². The number of esters is 1. The Hall–Kier alpha value is -1.14. The van der Waals surface area contributed by atoms with E-state index >= 15 is 0 Å². The van der Waals surface area contributed by atoms with Crippen LogP contribution in [0.4, 0.5) is 0 Å². The molecule has 1 saturated carbocycles. The van der Waals surface area contributed by atoms with E-state index in [9.17, 15) is 9.59 Å². The molecule has 21 heavy (non-hydrogen) atoms. The summed E-state index contributed by atoms with van der Waals surface area (Å²) in [5.74, 6) is -0.788. The van der Waals surface area contributed by atoms with E-state index in [-0.39, 0.29) is 23.8 Å². The molecule has 0 aromatic rings. The highest BCUT2D eigenvalue weighted by atomic mass is 16.5. The number of ether oxygens (including phenoxy) is 2. The largest absolute Gasteiger partial charge is 0.467 e. The minimum atomic E-state index is -1.00. The second-order valence-corrected chi connectivity index (χ2v) is 7.00. The molecule has 1 heterocycles. The van der Waals surface area contributed by atoms with Crippen LogP contribution < -0.4 is 11.1 Å². The van der Waals surface area contributed by atoms with E-state index in [1.807, 2.05) is 27.7 Å². The van der Waals surface area contributed by atoms with Crippen LogP contribution in [0.5, 0.6) is 0 Å². The zero-order chi connectivity index (χ0) is 16.0. The minimum Gasteiger partial charge on any atom is -0.467 e. The van der Waals surface area contributed by atoms with E-state index in [4.69, 9.17) is 15.2 Å². The number of fused-ring (bicyclic) bond motifs is 1. The Morgan fingerprint density at radius 3 is 2.52 bits per heavy atom. The minimum absolute atomic E-state index is 0.0120. The summed E-state index contributed by atoms with van der Waals surface area (Å²) in [6, 6.07) is -0.680. The lowest BCUT2D eigenvalue weighted by atomic mass is 9.48. The summed E-state index contributed by atoms with van der Waals surface area (Å²) in [5.41, 5.74) is 5.00. The number of carbonyl (C=O) groups excluding carboxylic acids is 2. The van der Waals surface area contributed by atoms with Gasteiger partial charge in [-0.05, 0) is 12.3 Å². The molecule has 0 aromatic heterocycles. The summed E-state index contributed by atoms with van der Waals surface area (Å²) < 4.78 is 10.4. The van der Waals surface area contributed by atoms with Gasteiger partial charge in [-0.1, -0.05) is 27.7 Å². The van der Waals surface area contributed by atoms with Gasteiger partial charge in [0.25, 0.3) is 0 Å². The molecule has 3 N–H and O–H groups in total. The molecule has 2 aliphatic rings. The van der Waals surface area contributed by atoms with Crippen LogP contribution in [0.1, 0.15) is 34.1 Å². The summed E-state index contributed by atoms with van der Waals surface area (Å²) in [7, 11) is 1.32. The van der Waals surface area contributed by atoms with Crippen molar-refractivity contribution in [1.82, 2.24) is 5.32 Å². The van der Waals surface area contributed by atoms with Crippen LogP contribution >= 0.6 is 0 Å². The van der Waals surface area contributed by atoms with Crippen molar-refractivity contribution < 1.29 is 19.1 Å². The highest BCUT2D eigenvalue weighted by Crippen LogP contribution is 2.58. The summed E-state index contributed by atoms with van der Waals surface area (Å²) in [4.78, 5) is 24.6. The Morgan fingerprint density at radius 1 is 1.38 bits per heavy atom. The van der Waals surface area contributed by atoms with Crippen LogP contribution in [0.2, 0.25) is 0 Å². The maximum absolute atomic E-state index is 12.7. The molecule has 2 rings (SSSR count). The van der Waals surface area contributed by atoms with Gasteiger partial charge in [0.05, 0.1) is 13.2 Å². The lowest BCUT2D eigenvalue weighted by Crippen LogP contribution is -2.80. The molecule has 120 valence electrons. The molecule has 0 aromatic carbocycles. The fourth-order valence-electron chi connectivity index (χ4n) is 3.73. The first-order valence-corrected chi connectivity index (χ1v) is 7.47. The molecule has 3 unspecified atom stereocenters. The first-order valence-electron chi connectivity index (χ1n) is 7.47. The molecule has 6 nitrogen and oxygen atoms in total. The van der Waals surface area contributed by atoms with Crippen molar-refractivity contribution in [2.75, 3.05) is 13.7 Å². The number of amides is 1. The van der Waals surface area contributed by atoms with Gasteiger partial charge in [-0.25, -0.2) is 4.79 Å². The third-order valence-electron chi connectivity index (χ3n) is 5.24. The predicted molar refractivity (Wildman–Crippen MR) is 77.3 cm³/mol. The Bertz CT molecular complexity index is 449. The number of hydrogen-bond donors (Lipinski definition) is 2. The van der Waals surface area contributed by atoms with Crippen molar-refractivity contribution in [2.45, 2.75) is 51.8 Å². The van der Waals surface area contributed by atoms with Gasteiger partial charge in [-0.3, -0.25) is 4.79 Å². The van der Waals surface area contributed by atoms with E-state index < -0.39 is 23.0 Å². The van der Waals surface area contributed by atoms with Crippen LogP contribution in [0.3, 0.4) is 0 Å². The maximum atomic E-state index is 12.7. The number of carbonyl (C=O) groups is 2. The van der Waals surface area contributed by atoms with E-state index in [1.165, 1.54) is 7.11 Å². The smallest absolute Gasteiger partial charge is 0.328 e. The molecule has 0 bridgehead atoms. The molecule has 0 radical (unpaired) electrons. The third kappa shape index (κ3) is 2.16. The lowest BCUT2D eigenvalue weighted by molar-refractivity contribution is -0.177. The second kappa shape index (κ2) is 5.25. The normalized spacial score (nSPS) is 34.8. The number of rotatable bonds is 4. The van der Waals surface area contributed by atoms with Crippen LogP contribution in [0, 0.1) is 17.3 Å². The number of hydrogen-bond acceptors (Lipinski definition) is 5. The monoisotopic (exact) mass is 298 g/mol. The SMILES string of the molecule is COC(=O)[C@@H](NC(=O)C1(N)C2CCOC2C1(C)C)C(C)C. The van der Waals surface area contributed by atoms with Gasteiger partial charge in [-0.2, -0.15) is 0 Å². The fourth-order valence-corrected chi connectivity index (χ4v) is 3.73. The van der Waals surface area contributed by atoms with Crippen molar-refractivity contribution in [2.24, 2.45) is 23.0 Å². The second-order valence-electron chi connectivity index (χ2n) is 7.00. The van der Waals surface area contributed by atoms with Gasteiger partial charge < -0.3 is 20.5 Å². The molecule has 1 saturated heterocycles. The molecular weight excluding hydrogens is 272 g/mol. The highest BCUT2D eigenvalue weighted by molar-refractivity contribution is 5.93. The molecule has 2 fully saturated rings. The quantitative estimate of drug-likeness (QED) is 0.735. The van der Waals surface area contributed by atoms with Gasteiger partial charge in [0, 0.05) is 17.9 Å². The average Bonchev–Trinajstić information content (AvgIpc) is 2.90. The molecule has 1 aliphatic carbocycles. The predicted octanol–water partition coefficient (Wildman–Crippen LogP) is 0.443.